The van der Waals surface area contributed by atoms with Crippen LogP contribution < -0.4 is 5.73 Å². The molecule has 2 N–H and O–H groups in total. The Morgan fingerprint density at radius 2 is 2.09 bits per heavy atom. The molecule has 0 spiro atoms. The molecule has 0 aromatic heterocycles. The molecule has 1 amide bonds. The summed E-state index contributed by atoms with van der Waals surface area (Å²) in [4.78, 5) is 25.0. The molecule has 1 aromatic carbocycles. The SMILES string of the molecule is Cl.NC1CCCC2CN(C(=O)c3ccc(Cl)cc3[N+](=O)[O-])CC12. The van der Waals surface area contributed by atoms with E-state index >= 15 is 0 Å². The van der Waals surface area contributed by atoms with Crippen molar-refractivity contribution in [1.82, 2.24) is 4.90 Å². The summed E-state index contributed by atoms with van der Waals surface area (Å²) < 4.78 is 0. The highest BCUT2D eigenvalue weighted by atomic mass is 35.5. The van der Waals surface area contributed by atoms with Crippen LogP contribution >= 0.6 is 24.0 Å². The van der Waals surface area contributed by atoms with E-state index in [1.165, 1.54) is 18.2 Å². The van der Waals surface area contributed by atoms with Crippen LogP contribution in [0.4, 0.5) is 5.69 Å². The minimum Gasteiger partial charge on any atom is -0.338 e. The molecule has 0 bridgehead atoms. The predicted molar refractivity (Wildman–Crippen MR) is 90.1 cm³/mol. The van der Waals surface area contributed by atoms with Crippen LogP contribution in [-0.2, 0) is 0 Å². The summed E-state index contributed by atoms with van der Waals surface area (Å²) in [5.74, 6) is 0.424. The molecule has 6 nitrogen and oxygen atoms in total. The number of fused-ring (bicyclic) bond motifs is 1. The van der Waals surface area contributed by atoms with E-state index in [2.05, 4.69) is 0 Å². The maximum Gasteiger partial charge on any atom is 0.283 e. The third-order valence-electron chi connectivity index (χ3n) is 4.83. The molecule has 0 radical (unpaired) electrons. The number of rotatable bonds is 2. The quantitative estimate of drug-likeness (QED) is 0.649. The summed E-state index contributed by atoms with van der Waals surface area (Å²) in [5, 5.41) is 11.4. The van der Waals surface area contributed by atoms with Gasteiger partial charge in [0.25, 0.3) is 11.6 Å². The van der Waals surface area contributed by atoms with Crippen molar-refractivity contribution >= 4 is 35.6 Å². The largest absolute Gasteiger partial charge is 0.338 e. The second-order valence-corrected chi connectivity index (χ2v) is 6.58. The summed E-state index contributed by atoms with van der Waals surface area (Å²) in [6.07, 6.45) is 3.15. The van der Waals surface area contributed by atoms with Crippen molar-refractivity contribution in [2.45, 2.75) is 25.3 Å². The standard InChI is InChI=1S/C15H18ClN3O3.ClH/c16-10-4-5-11(14(6-10)19(21)22)15(20)18-7-9-2-1-3-13(17)12(9)8-18;/h4-6,9,12-13H,1-3,7-8,17H2;1H. The number of nitrogens with zero attached hydrogens (tertiary/aromatic N) is 2. The molecule has 1 heterocycles. The summed E-state index contributed by atoms with van der Waals surface area (Å²) in [7, 11) is 0. The first-order valence-electron chi connectivity index (χ1n) is 7.46. The first-order chi connectivity index (χ1) is 10.5. The van der Waals surface area contributed by atoms with Gasteiger partial charge in [0.05, 0.1) is 4.92 Å². The molecule has 2 aliphatic rings. The van der Waals surface area contributed by atoms with Gasteiger partial charge in [-0.3, -0.25) is 14.9 Å². The minimum absolute atomic E-state index is 0. The van der Waals surface area contributed by atoms with Crippen molar-refractivity contribution in [2.24, 2.45) is 17.6 Å². The number of benzene rings is 1. The van der Waals surface area contributed by atoms with Gasteiger partial charge in [0, 0.05) is 30.2 Å². The molecule has 3 rings (SSSR count). The smallest absolute Gasteiger partial charge is 0.283 e. The number of hydrogen-bond acceptors (Lipinski definition) is 4. The monoisotopic (exact) mass is 359 g/mol. The molecule has 126 valence electrons. The molecule has 1 saturated heterocycles. The maximum atomic E-state index is 12.7. The first kappa shape index (κ1) is 18.0. The summed E-state index contributed by atoms with van der Waals surface area (Å²) >= 11 is 5.80. The van der Waals surface area contributed by atoms with E-state index in [4.69, 9.17) is 17.3 Å². The van der Waals surface area contributed by atoms with Crippen molar-refractivity contribution in [2.75, 3.05) is 13.1 Å². The van der Waals surface area contributed by atoms with E-state index in [0.717, 1.165) is 19.3 Å². The van der Waals surface area contributed by atoms with E-state index in [0.29, 0.717) is 24.9 Å². The Bertz CT molecular complexity index is 626. The Balaban J connectivity index is 0.00000192. The number of nitro groups is 1. The fourth-order valence-corrected chi connectivity index (χ4v) is 3.86. The first-order valence-corrected chi connectivity index (χ1v) is 7.84. The van der Waals surface area contributed by atoms with Gasteiger partial charge >= 0.3 is 0 Å². The number of carbonyl (C=O) groups is 1. The predicted octanol–water partition coefficient (Wildman–Crippen LogP) is 2.87. The second-order valence-electron chi connectivity index (χ2n) is 6.15. The van der Waals surface area contributed by atoms with Gasteiger partial charge in [0.1, 0.15) is 5.56 Å². The number of nitro benzene ring substituents is 1. The topological polar surface area (TPSA) is 89.5 Å². The second kappa shape index (κ2) is 7.03. The van der Waals surface area contributed by atoms with Crippen molar-refractivity contribution in [3.8, 4) is 0 Å². The van der Waals surface area contributed by atoms with Crippen LogP contribution in [0, 0.1) is 22.0 Å². The fraction of sp³-hybridized carbons (Fsp3) is 0.533. The lowest BCUT2D eigenvalue weighted by molar-refractivity contribution is -0.385. The fourth-order valence-electron chi connectivity index (χ4n) is 3.69. The van der Waals surface area contributed by atoms with Gasteiger partial charge in [-0.15, -0.1) is 12.4 Å². The molecule has 2 fully saturated rings. The van der Waals surface area contributed by atoms with Gasteiger partial charge in [-0.25, -0.2) is 0 Å². The molecule has 8 heteroatoms. The molecule has 3 atom stereocenters. The van der Waals surface area contributed by atoms with Gasteiger partial charge in [0.2, 0.25) is 0 Å². The van der Waals surface area contributed by atoms with E-state index in [9.17, 15) is 14.9 Å². The van der Waals surface area contributed by atoms with Crippen LogP contribution in [0.5, 0.6) is 0 Å². The Kier molecular flexibility index (Phi) is 5.49. The van der Waals surface area contributed by atoms with E-state index in [-0.39, 0.29) is 40.6 Å². The van der Waals surface area contributed by atoms with Crippen LogP contribution in [0.3, 0.4) is 0 Å². The molecule has 1 aliphatic heterocycles. The third-order valence-corrected chi connectivity index (χ3v) is 5.06. The molecule has 1 aromatic rings. The van der Waals surface area contributed by atoms with Crippen molar-refractivity contribution in [3.05, 3.63) is 38.9 Å². The van der Waals surface area contributed by atoms with Gasteiger partial charge < -0.3 is 10.6 Å². The minimum atomic E-state index is -0.562. The highest BCUT2D eigenvalue weighted by Crippen LogP contribution is 2.36. The van der Waals surface area contributed by atoms with E-state index in [1.54, 1.807) is 4.90 Å². The van der Waals surface area contributed by atoms with Gasteiger partial charge in [-0.1, -0.05) is 18.0 Å². The molecular formula is C15H19Cl2N3O3. The number of nitrogens with two attached hydrogens (primary N) is 1. The molecule has 3 unspecified atom stereocenters. The Hall–Kier alpha value is -1.37. The zero-order valence-corrected chi connectivity index (χ0v) is 14.1. The summed E-state index contributed by atoms with van der Waals surface area (Å²) in [6.45, 7) is 1.22. The van der Waals surface area contributed by atoms with Crippen molar-refractivity contribution in [1.29, 1.82) is 0 Å². The third kappa shape index (κ3) is 3.44. The molecular weight excluding hydrogens is 341 g/mol. The van der Waals surface area contributed by atoms with Gasteiger partial charge in [-0.2, -0.15) is 0 Å². The van der Waals surface area contributed by atoms with Crippen LogP contribution in [-0.4, -0.2) is 34.9 Å². The average Bonchev–Trinajstić information content (AvgIpc) is 2.92. The normalized spacial score (nSPS) is 26.3. The number of likely N-dealkylation sites (tertiary alicyclic amines) is 1. The van der Waals surface area contributed by atoms with Crippen molar-refractivity contribution < 1.29 is 9.72 Å². The highest BCUT2D eigenvalue weighted by molar-refractivity contribution is 6.31. The number of halogens is 2. The van der Waals surface area contributed by atoms with Crippen LogP contribution in [0.25, 0.3) is 0 Å². The zero-order valence-electron chi connectivity index (χ0n) is 12.5. The maximum absolute atomic E-state index is 12.7. The summed E-state index contributed by atoms with van der Waals surface area (Å²) in [6, 6.07) is 4.29. The zero-order chi connectivity index (χ0) is 15.9. The lowest BCUT2D eigenvalue weighted by atomic mass is 9.78. The average molecular weight is 360 g/mol. The van der Waals surface area contributed by atoms with Gasteiger partial charge in [-0.05, 0) is 36.8 Å². The lowest BCUT2D eigenvalue weighted by Crippen LogP contribution is -2.38. The van der Waals surface area contributed by atoms with Crippen LogP contribution in [0.15, 0.2) is 18.2 Å². The van der Waals surface area contributed by atoms with E-state index < -0.39 is 4.92 Å². The number of hydrogen-bond donors (Lipinski definition) is 1. The lowest BCUT2D eigenvalue weighted by Gasteiger charge is -2.29. The Labute approximate surface area is 145 Å². The highest BCUT2D eigenvalue weighted by Gasteiger charge is 2.41. The number of amides is 1. The van der Waals surface area contributed by atoms with Gasteiger partial charge in [0.15, 0.2) is 0 Å². The molecule has 1 saturated carbocycles. The van der Waals surface area contributed by atoms with Crippen LogP contribution in [0.2, 0.25) is 5.02 Å². The molecule has 1 aliphatic carbocycles. The summed E-state index contributed by atoms with van der Waals surface area (Å²) in [5.41, 5.74) is 6.01. The Morgan fingerprint density at radius 3 is 2.74 bits per heavy atom. The number of carbonyl (C=O) groups excluding carboxylic acids is 1. The van der Waals surface area contributed by atoms with Crippen LogP contribution in [0.1, 0.15) is 29.6 Å². The van der Waals surface area contributed by atoms with E-state index in [1.807, 2.05) is 0 Å². The Morgan fingerprint density at radius 1 is 1.35 bits per heavy atom. The molecule has 23 heavy (non-hydrogen) atoms. The van der Waals surface area contributed by atoms with Crippen molar-refractivity contribution in [3.63, 3.8) is 0 Å².